The molecule has 3 aromatic heterocycles. The van der Waals surface area contributed by atoms with Gasteiger partial charge in [0.1, 0.15) is 0 Å². The van der Waals surface area contributed by atoms with E-state index in [0.29, 0.717) is 11.4 Å². The first-order valence-electron chi connectivity index (χ1n) is 6.83. The first-order chi connectivity index (χ1) is 10.3. The van der Waals surface area contributed by atoms with Crippen molar-refractivity contribution in [2.24, 2.45) is 0 Å². The molecular weight excluding hydrogens is 286 g/mol. The highest BCUT2D eigenvalue weighted by Crippen LogP contribution is 2.28. The van der Waals surface area contributed by atoms with E-state index in [1.165, 1.54) is 4.88 Å². The maximum Gasteiger partial charge on any atom is 0.259 e. The van der Waals surface area contributed by atoms with Gasteiger partial charge in [0.25, 0.3) is 5.56 Å². The van der Waals surface area contributed by atoms with Gasteiger partial charge in [-0.05, 0) is 41.6 Å². The number of tetrazole rings is 1. The molecule has 3 rings (SSSR count). The minimum absolute atomic E-state index is 0.207. The summed E-state index contributed by atoms with van der Waals surface area (Å²) < 4.78 is 0. The summed E-state index contributed by atoms with van der Waals surface area (Å²) in [6, 6.07) is 5.68. The van der Waals surface area contributed by atoms with Gasteiger partial charge in [0.2, 0.25) is 5.82 Å². The zero-order valence-electron chi connectivity index (χ0n) is 11.6. The summed E-state index contributed by atoms with van der Waals surface area (Å²) >= 11 is 1.73. The van der Waals surface area contributed by atoms with E-state index in [1.54, 1.807) is 17.4 Å². The fraction of sp³-hybridized carbons (Fsp3) is 0.286. The number of nitrogens with one attached hydrogen (secondary N) is 2. The summed E-state index contributed by atoms with van der Waals surface area (Å²) in [6.07, 6.45) is 3.35. The Bertz CT molecular complexity index is 775. The number of pyridine rings is 1. The Hall–Kier alpha value is -2.28. The van der Waals surface area contributed by atoms with Gasteiger partial charge in [0, 0.05) is 16.1 Å². The molecule has 6 nitrogen and oxygen atoms in total. The second-order valence-electron chi connectivity index (χ2n) is 4.71. The minimum Gasteiger partial charge on any atom is -0.321 e. The average Bonchev–Trinajstić information content (AvgIpc) is 3.16. The van der Waals surface area contributed by atoms with Crippen LogP contribution in [0, 0.1) is 0 Å². The van der Waals surface area contributed by atoms with Crippen molar-refractivity contribution in [2.75, 3.05) is 0 Å². The third kappa shape index (κ3) is 2.78. The third-order valence-electron chi connectivity index (χ3n) is 3.29. The summed E-state index contributed by atoms with van der Waals surface area (Å²) in [5, 5.41) is 15.5. The van der Waals surface area contributed by atoms with Crippen molar-refractivity contribution >= 4 is 11.3 Å². The minimum atomic E-state index is -0.207. The van der Waals surface area contributed by atoms with Crippen LogP contribution in [0.15, 0.2) is 28.4 Å². The Morgan fingerprint density at radius 2 is 2.14 bits per heavy atom. The van der Waals surface area contributed by atoms with E-state index in [1.807, 2.05) is 6.07 Å². The van der Waals surface area contributed by atoms with Crippen molar-refractivity contribution in [3.05, 3.63) is 38.8 Å². The molecule has 0 amide bonds. The van der Waals surface area contributed by atoms with Crippen molar-refractivity contribution in [2.45, 2.75) is 26.2 Å². The van der Waals surface area contributed by atoms with E-state index in [-0.39, 0.29) is 5.56 Å². The zero-order chi connectivity index (χ0) is 14.7. The summed E-state index contributed by atoms with van der Waals surface area (Å²) in [6.45, 7) is 2.18. The molecule has 0 atom stereocenters. The van der Waals surface area contributed by atoms with E-state index < -0.39 is 0 Å². The molecule has 0 aliphatic rings. The van der Waals surface area contributed by atoms with Gasteiger partial charge in [-0.25, -0.2) is 0 Å². The van der Waals surface area contributed by atoms with Gasteiger partial charge in [-0.3, -0.25) is 4.79 Å². The van der Waals surface area contributed by atoms with Crippen LogP contribution >= 0.6 is 11.3 Å². The Morgan fingerprint density at radius 1 is 1.24 bits per heavy atom. The SMILES string of the molecule is CCCCc1sccc1-c1ccc(-c2nn[nH]n2)c(=O)[nH]1. The molecule has 0 saturated heterocycles. The van der Waals surface area contributed by atoms with E-state index in [0.717, 1.165) is 30.5 Å². The van der Waals surface area contributed by atoms with Crippen LogP contribution in [0.1, 0.15) is 24.6 Å². The van der Waals surface area contributed by atoms with Crippen molar-refractivity contribution < 1.29 is 0 Å². The molecule has 108 valence electrons. The number of thiophene rings is 1. The maximum absolute atomic E-state index is 12.2. The molecule has 3 aromatic rings. The summed E-state index contributed by atoms with van der Waals surface area (Å²) in [4.78, 5) is 16.4. The van der Waals surface area contributed by atoms with Gasteiger partial charge in [0.05, 0.1) is 5.56 Å². The largest absolute Gasteiger partial charge is 0.321 e. The van der Waals surface area contributed by atoms with Crippen molar-refractivity contribution in [3.8, 4) is 22.6 Å². The van der Waals surface area contributed by atoms with E-state index in [4.69, 9.17) is 0 Å². The lowest BCUT2D eigenvalue weighted by molar-refractivity contribution is 0.804. The van der Waals surface area contributed by atoms with Crippen LogP contribution in [0.4, 0.5) is 0 Å². The Kier molecular flexibility index (Phi) is 3.92. The van der Waals surface area contributed by atoms with Gasteiger partial charge in [-0.2, -0.15) is 5.21 Å². The van der Waals surface area contributed by atoms with Crippen LogP contribution < -0.4 is 5.56 Å². The molecule has 21 heavy (non-hydrogen) atoms. The summed E-state index contributed by atoms with van der Waals surface area (Å²) in [5.74, 6) is 0.305. The van der Waals surface area contributed by atoms with Gasteiger partial charge >= 0.3 is 0 Å². The lowest BCUT2D eigenvalue weighted by Crippen LogP contribution is -2.10. The molecule has 0 saturated carbocycles. The summed E-state index contributed by atoms with van der Waals surface area (Å²) in [5.41, 5.74) is 2.14. The molecule has 0 aromatic carbocycles. The Labute approximate surface area is 125 Å². The first kappa shape index (κ1) is 13.7. The van der Waals surface area contributed by atoms with Crippen molar-refractivity contribution in [1.82, 2.24) is 25.6 Å². The topological polar surface area (TPSA) is 87.3 Å². The second kappa shape index (κ2) is 6.01. The summed E-state index contributed by atoms with van der Waals surface area (Å²) in [7, 11) is 0. The number of rotatable bonds is 5. The molecule has 0 aliphatic heterocycles. The first-order valence-corrected chi connectivity index (χ1v) is 7.71. The molecule has 0 radical (unpaired) electrons. The standard InChI is InChI=1S/C14H15N5OS/c1-2-3-4-12-9(7-8-21-12)11-6-5-10(14(20)15-11)13-16-18-19-17-13/h5-8H,2-4H2,1H3,(H,15,20)(H,16,17,18,19). The van der Waals surface area contributed by atoms with Gasteiger partial charge in [0.15, 0.2) is 0 Å². The lowest BCUT2D eigenvalue weighted by Gasteiger charge is -2.04. The molecule has 3 heterocycles. The van der Waals surface area contributed by atoms with E-state index in [2.05, 4.69) is 44.0 Å². The van der Waals surface area contributed by atoms with Crippen LogP contribution in [0.3, 0.4) is 0 Å². The number of aromatic nitrogens is 5. The fourth-order valence-electron chi connectivity index (χ4n) is 2.19. The number of hydrogen-bond donors (Lipinski definition) is 2. The highest BCUT2D eigenvalue weighted by Gasteiger charge is 2.12. The lowest BCUT2D eigenvalue weighted by atomic mass is 10.1. The molecule has 2 N–H and O–H groups in total. The van der Waals surface area contributed by atoms with Gasteiger partial charge in [-0.1, -0.05) is 13.3 Å². The van der Waals surface area contributed by atoms with Crippen molar-refractivity contribution in [3.63, 3.8) is 0 Å². The molecule has 0 unspecified atom stereocenters. The maximum atomic E-state index is 12.2. The quantitative estimate of drug-likeness (QED) is 0.758. The molecule has 0 bridgehead atoms. The normalized spacial score (nSPS) is 10.9. The molecule has 7 heteroatoms. The second-order valence-corrected chi connectivity index (χ2v) is 5.71. The van der Waals surface area contributed by atoms with Crippen molar-refractivity contribution in [1.29, 1.82) is 0 Å². The van der Waals surface area contributed by atoms with E-state index in [9.17, 15) is 4.79 Å². The molecule has 0 spiro atoms. The van der Waals surface area contributed by atoms with Crippen LogP contribution in [0.2, 0.25) is 0 Å². The predicted molar refractivity (Wildman–Crippen MR) is 82.2 cm³/mol. The third-order valence-corrected chi connectivity index (χ3v) is 4.27. The van der Waals surface area contributed by atoms with Crippen LogP contribution in [0.5, 0.6) is 0 Å². The number of unbranched alkanes of at least 4 members (excludes halogenated alkanes) is 1. The van der Waals surface area contributed by atoms with Crippen LogP contribution in [-0.2, 0) is 6.42 Å². The number of aromatic amines is 2. The zero-order valence-corrected chi connectivity index (χ0v) is 12.4. The predicted octanol–water partition coefficient (Wildman–Crippen LogP) is 2.63. The molecular formula is C14H15N5OS. The molecule has 0 fully saturated rings. The number of hydrogen-bond acceptors (Lipinski definition) is 5. The Morgan fingerprint density at radius 3 is 2.86 bits per heavy atom. The smallest absolute Gasteiger partial charge is 0.259 e. The van der Waals surface area contributed by atoms with Gasteiger partial charge in [-0.15, -0.1) is 21.5 Å². The van der Waals surface area contributed by atoms with Crippen LogP contribution in [-0.4, -0.2) is 25.6 Å². The average molecular weight is 301 g/mol. The number of nitrogens with zero attached hydrogens (tertiary/aromatic N) is 3. The van der Waals surface area contributed by atoms with E-state index >= 15 is 0 Å². The monoisotopic (exact) mass is 301 g/mol. The highest BCUT2D eigenvalue weighted by atomic mass is 32.1. The Balaban J connectivity index is 1.96. The van der Waals surface area contributed by atoms with Crippen LogP contribution in [0.25, 0.3) is 22.6 Å². The number of aryl methyl sites for hydroxylation is 1. The van der Waals surface area contributed by atoms with Gasteiger partial charge < -0.3 is 4.98 Å². The molecule has 0 aliphatic carbocycles. The fourth-order valence-corrected chi connectivity index (χ4v) is 3.13. The number of H-pyrrole nitrogens is 2. The highest BCUT2D eigenvalue weighted by molar-refractivity contribution is 7.10.